The molecule has 0 aliphatic carbocycles. The molecule has 4 rings (SSSR count). The SMILES string of the molecule is O=C1S/C(=C/c2ccccc2OCc2ccc(Cl)cc2)C(=O)N1c1cccc(Cl)c1. The Morgan fingerprint density at radius 3 is 2.43 bits per heavy atom. The summed E-state index contributed by atoms with van der Waals surface area (Å²) in [6, 6.07) is 21.4. The van der Waals surface area contributed by atoms with Gasteiger partial charge in [0.25, 0.3) is 11.1 Å². The Morgan fingerprint density at radius 2 is 1.67 bits per heavy atom. The number of thioether (sulfide) groups is 1. The van der Waals surface area contributed by atoms with E-state index in [1.54, 1.807) is 42.5 Å². The van der Waals surface area contributed by atoms with Crippen LogP contribution in [-0.4, -0.2) is 11.1 Å². The van der Waals surface area contributed by atoms with Crippen LogP contribution >= 0.6 is 35.0 Å². The Hall–Kier alpha value is -2.73. The molecule has 0 spiro atoms. The first-order valence-corrected chi connectivity index (χ1v) is 10.6. The normalized spacial score (nSPS) is 15.1. The van der Waals surface area contributed by atoms with E-state index >= 15 is 0 Å². The van der Waals surface area contributed by atoms with E-state index < -0.39 is 0 Å². The summed E-state index contributed by atoms with van der Waals surface area (Å²) in [5.74, 6) is 0.224. The van der Waals surface area contributed by atoms with Crippen LogP contribution in [0.2, 0.25) is 10.0 Å². The highest BCUT2D eigenvalue weighted by Crippen LogP contribution is 2.37. The van der Waals surface area contributed by atoms with Gasteiger partial charge in [0, 0.05) is 15.6 Å². The molecular weight excluding hydrogens is 441 g/mol. The predicted molar refractivity (Wildman–Crippen MR) is 122 cm³/mol. The van der Waals surface area contributed by atoms with E-state index in [2.05, 4.69) is 0 Å². The standard InChI is InChI=1S/C23H15Cl2NO3S/c24-17-10-8-15(9-11-17)14-29-20-7-2-1-4-16(20)12-21-22(27)26(23(28)30-21)19-6-3-5-18(25)13-19/h1-13H,14H2/b21-12+. The molecule has 0 bridgehead atoms. The van der Waals surface area contributed by atoms with Gasteiger partial charge in [-0.25, -0.2) is 4.90 Å². The van der Waals surface area contributed by atoms with Gasteiger partial charge in [-0.15, -0.1) is 0 Å². The van der Waals surface area contributed by atoms with Crippen LogP contribution in [0.3, 0.4) is 0 Å². The first-order chi connectivity index (χ1) is 14.5. The van der Waals surface area contributed by atoms with Gasteiger partial charge < -0.3 is 4.74 Å². The molecule has 0 atom stereocenters. The summed E-state index contributed by atoms with van der Waals surface area (Å²) in [6.07, 6.45) is 1.67. The molecule has 1 saturated heterocycles. The van der Waals surface area contributed by atoms with Crippen molar-refractivity contribution < 1.29 is 14.3 Å². The number of anilines is 1. The number of hydrogen-bond donors (Lipinski definition) is 0. The van der Waals surface area contributed by atoms with Crippen molar-refractivity contribution >= 4 is 57.9 Å². The first kappa shape index (κ1) is 20.5. The Balaban J connectivity index is 1.57. The van der Waals surface area contributed by atoms with Gasteiger partial charge in [0.15, 0.2) is 0 Å². The molecule has 2 amide bonds. The third kappa shape index (κ3) is 4.54. The van der Waals surface area contributed by atoms with Crippen molar-refractivity contribution in [2.75, 3.05) is 4.90 Å². The minimum Gasteiger partial charge on any atom is -0.488 e. The van der Waals surface area contributed by atoms with Gasteiger partial charge in [-0.3, -0.25) is 9.59 Å². The molecule has 1 aliphatic rings. The van der Waals surface area contributed by atoms with Crippen LogP contribution in [-0.2, 0) is 11.4 Å². The van der Waals surface area contributed by atoms with Crippen LogP contribution in [0.1, 0.15) is 11.1 Å². The fraction of sp³-hybridized carbons (Fsp3) is 0.0435. The number of ether oxygens (including phenoxy) is 1. The lowest BCUT2D eigenvalue weighted by molar-refractivity contribution is -0.113. The van der Waals surface area contributed by atoms with Crippen molar-refractivity contribution in [3.8, 4) is 5.75 Å². The Kier molecular flexibility index (Phi) is 6.13. The molecule has 7 heteroatoms. The highest BCUT2D eigenvalue weighted by molar-refractivity contribution is 8.19. The molecule has 0 unspecified atom stereocenters. The smallest absolute Gasteiger partial charge is 0.298 e. The van der Waals surface area contributed by atoms with Crippen LogP contribution in [0.25, 0.3) is 6.08 Å². The number of carbonyl (C=O) groups is 2. The van der Waals surface area contributed by atoms with E-state index in [1.165, 1.54) is 0 Å². The minimum atomic E-state index is -0.389. The zero-order valence-corrected chi connectivity index (χ0v) is 17.9. The predicted octanol–water partition coefficient (Wildman–Crippen LogP) is 6.81. The monoisotopic (exact) mass is 455 g/mol. The number of halogens is 2. The molecule has 1 aliphatic heterocycles. The van der Waals surface area contributed by atoms with E-state index in [-0.39, 0.29) is 11.1 Å². The van der Waals surface area contributed by atoms with Crippen LogP contribution in [0.15, 0.2) is 77.7 Å². The second-order valence-electron chi connectivity index (χ2n) is 6.45. The van der Waals surface area contributed by atoms with Gasteiger partial charge in [0.1, 0.15) is 12.4 Å². The van der Waals surface area contributed by atoms with Crippen LogP contribution in [0.4, 0.5) is 10.5 Å². The zero-order chi connectivity index (χ0) is 21.1. The van der Waals surface area contributed by atoms with E-state index in [0.29, 0.717) is 38.6 Å². The first-order valence-electron chi connectivity index (χ1n) is 9.01. The number of imide groups is 1. The maximum absolute atomic E-state index is 12.9. The molecular formula is C23H15Cl2NO3S. The fourth-order valence-electron chi connectivity index (χ4n) is 2.92. The van der Waals surface area contributed by atoms with Crippen molar-refractivity contribution in [3.63, 3.8) is 0 Å². The quantitative estimate of drug-likeness (QED) is 0.396. The molecule has 30 heavy (non-hydrogen) atoms. The van der Waals surface area contributed by atoms with Crippen molar-refractivity contribution in [2.24, 2.45) is 0 Å². The zero-order valence-electron chi connectivity index (χ0n) is 15.5. The van der Waals surface area contributed by atoms with Crippen molar-refractivity contribution in [1.82, 2.24) is 0 Å². The second-order valence-corrected chi connectivity index (χ2v) is 8.32. The second kappa shape index (κ2) is 8.96. The molecule has 0 aromatic heterocycles. The molecule has 1 heterocycles. The van der Waals surface area contributed by atoms with Gasteiger partial charge in [-0.1, -0.05) is 59.6 Å². The third-order valence-corrected chi connectivity index (χ3v) is 5.73. The molecule has 0 N–H and O–H groups in total. The van der Waals surface area contributed by atoms with Crippen molar-refractivity contribution in [1.29, 1.82) is 0 Å². The van der Waals surface area contributed by atoms with Gasteiger partial charge in [0.2, 0.25) is 0 Å². The third-order valence-electron chi connectivity index (χ3n) is 4.37. The van der Waals surface area contributed by atoms with Crippen molar-refractivity contribution in [3.05, 3.63) is 98.9 Å². The number of rotatable bonds is 5. The number of amides is 2. The van der Waals surface area contributed by atoms with Crippen LogP contribution in [0, 0.1) is 0 Å². The van der Waals surface area contributed by atoms with Crippen LogP contribution < -0.4 is 9.64 Å². The Bertz CT molecular complexity index is 1150. The topological polar surface area (TPSA) is 46.6 Å². The van der Waals surface area contributed by atoms with E-state index in [0.717, 1.165) is 22.2 Å². The molecule has 1 fully saturated rings. The molecule has 0 radical (unpaired) electrons. The summed E-state index contributed by atoms with van der Waals surface area (Å²) in [7, 11) is 0. The van der Waals surface area contributed by atoms with E-state index in [9.17, 15) is 9.59 Å². The number of para-hydroxylation sites is 1. The highest BCUT2D eigenvalue weighted by atomic mass is 35.5. The van der Waals surface area contributed by atoms with Crippen LogP contribution in [0.5, 0.6) is 5.75 Å². The molecule has 150 valence electrons. The van der Waals surface area contributed by atoms with E-state index in [1.807, 2.05) is 36.4 Å². The van der Waals surface area contributed by atoms with Gasteiger partial charge in [-0.05, 0) is 59.8 Å². The van der Waals surface area contributed by atoms with Gasteiger partial charge >= 0.3 is 0 Å². The summed E-state index contributed by atoms with van der Waals surface area (Å²) < 4.78 is 5.94. The Labute approximate surface area is 188 Å². The lowest BCUT2D eigenvalue weighted by Crippen LogP contribution is -2.27. The molecule has 3 aromatic carbocycles. The molecule has 3 aromatic rings. The highest BCUT2D eigenvalue weighted by Gasteiger charge is 2.36. The maximum Gasteiger partial charge on any atom is 0.298 e. The number of carbonyl (C=O) groups excluding carboxylic acids is 2. The van der Waals surface area contributed by atoms with Crippen molar-refractivity contribution in [2.45, 2.75) is 6.61 Å². The van der Waals surface area contributed by atoms with Gasteiger partial charge in [0.05, 0.1) is 10.6 Å². The largest absolute Gasteiger partial charge is 0.488 e. The Morgan fingerprint density at radius 1 is 0.900 bits per heavy atom. The lowest BCUT2D eigenvalue weighted by Gasteiger charge is -2.12. The molecule has 0 saturated carbocycles. The number of benzene rings is 3. The summed E-state index contributed by atoms with van der Waals surface area (Å²) >= 11 is 12.8. The summed E-state index contributed by atoms with van der Waals surface area (Å²) in [6.45, 7) is 0.353. The number of hydrogen-bond acceptors (Lipinski definition) is 4. The fourth-order valence-corrected chi connectivity index (χ4v) is 4.06. The average molecular weight is 456 g/mol. The average Bonchev–Trinajstić information content (AvgIpc) is 3.01. The summed E-state index contributed by atoms with van der Waals surface area (Å²) in [5.41, 5.74) is 2.12. The maximum atomic E-state index is 12.9. The van der Waals surface area contributed by atoms with E-state index in [4.69, 9.17) is 27.9 Å². The summed E-state index contributed by atoms with van der Waals surface area (Å²) in [5, 5.41) is 0.749. The molecule has 4 nitrogen and oxygen atoms in total. The minimum absolute atomic E-state index is 0.322. The van der Waals surface area contributed by atoms with Gasteiger partial charge in [-0.2, -0.15) is 0 Å². The summed E-state index contributed by atoms with van der Waals surface area (Å²) in [4.78, 5) is 26.8. The lowest BCUT2D eigenvalue weighted by atomic mass is 10.1. The number of nitrogens with zero attached hydrogens (tertiary/aromatic N) is 1.